The van der Waals surface area contributed by atoms with Crippen molar-refractivity contribution >= 4 is 11.6 Å². The highest BCUT2D eigenvalue weighted by Gasteiger charge is 2.28. The zero-order chi connectivity index (χ0) is 16.1. The van der Waals surface area contributed by atoms with Crippen LogP contribution in [0.5, 0.6) is 5.75 Å². The maximum Gasteiger partial charge on any atom is 0.310 e. The number of nitrogens with zero attached hydrogens (tertiary/aromatic N) is 1. The van der Waals surface area contributed by atoms with Gasteiger partial charge in [-0.15, -0.1) is 0 Å². The van der Waals surface area contributed by atoms with Gasteiger partial charge in [0.2, 0.25) is 0 Å². The highest BCUT2D eigenvalue weighted by molar-refractivity contribution is 5.78. The Morgan fingerprint density at radius 1 is 1.36 bits per heavy atom. The molecule has 0 bridgehead atoms. The molecule has 22 heavy (non-hydrogen) atoms. The molecule has 1 aliphatic carbocycles. The molecule has 1 aromatic rings. The summed E-state index contributed by atoms with van der Waals surface area (Å²) in [5, 5.41) is 13.9. The van der Waals surface area contributed by atoms with E-state index in [4.69, 9.17) is 4.74 Å². The van der Waals surface area contributed by atoms with E-state index in [1.54, 1.807) is 12.1 Å². The quantitative estimate of drug-likeness (QED) is 0.670. The van der Waals surface area contributed by atoms with Gasteiger partial charge in [-0.25, -0.2) is 0 Å². The smallest absolute Gasteiger partial charge is 0.310 e. The number of carbonyl (C=O) groups excluding carboxylic acids is 1. The molecule has 6 nitrogen and oxygen atoms in total. The topological polar surface area (TPSA) is 81.5 Å². The number of para-hydroxylation sites is 2. The second kappa shape index (κ2) is 7.24. The molecule has 3 atom stereocenters. The van der Waals surface area contributed by atoms with E-state index in [1.165, 1.54) is 18.6 Å². The molecule has 1 aliphatic rings. The number of rotatable bonds is 5. The van der Waals surface area contributed by atoms with Crippen LogP contribution >= 0.6 is 0 Å². The molecule has 1 N–H and O–H groups in total. The summed E-state index contributed by atoms with van der Waals surface area (Å²) in [6.07, 6.45) is 3.28. The van der Waals surface area contributed by atoms with Gasteiger partial charge < -0.3 is 10.1 Å². The molecule has 0 aromatic heterocycles. The van der Waals surface area contributed by atoms with Gasteiger partial charge in [-0.2, -0.15) is 0 Å². The second-order valence-electron chi connectivity index (χ2n) is 5.95. The number of amides is 1. The van der Waals surface area contributed by atoms with Crippen LogP contribution in [0.15, 0.2) is 24.3 Å². The minimum absolute atomic E-state index is 0.118. The standard InChI is InChI=1S/C16H22N2O4/c1-11-6-5-7-13(12(11)2)17-16(19)10-22-15-9-4-3-8-14(15)18(20)21/h3-4,8-9,11-13H,5-7,10H2,1-2H3,(H,17,19)/t11-,12+,13-/m0/s1. The van der Waals surface area contributed by atoms with Crippen LogP contribution in [-0.2, 0) is 4.79 Å². The summed E-state index contributed by atoms with van der Waals surface area (Å²) < 4.78 is 5.31. The average molecular weight is 306 g/mol. The maximum absolute atomic E-state index is 12.0. The normalized spacial score (nSPS) is 24.5. The molecule has 0 saturated heterocycles. The molecule has 1 saturated carbocycles. The van der Waals surface area contributed by atoms with E-state index in [9.17, 15) is 14.9 Å². The number of carbonyl (C=O) groups is 1. The van der Waals surface area contributed by atoms with Crippen LogP contribution in [0.25, 0.3) is 0 Å². The Hall–Kier alpha value is -2.11. The average Bonchev–Trinajstić information content (AvgIpc) is 2.50. The Morgan fingerprint density at radius 3 is 2.82 bits per heavy atom. The van der Waals surface area contributed by atoms with Gasteiger partial charge in [-0.05, 0) is 24.3 Å². The lowest BCUT2D eigenvalue weighted by Gasteiger charge is -2.34. The first kappa shape index (κ1) is 16.3. The zero-order valence-corrected chi connectivity index (χ0v) is 13.0. The number of nitro benzene ring substituents is 1. The largest absolute Gasteiger partial charge is 0.477 e. The van der Waals surface area contributed by atoms with Crippen LogP contribution in [0.1, 0.15) is 33.1 Å². The Kier molecular flexibility index (Phi) is 5.35. The molecule has 0 heterocycles. The van der Waals surface area contributed by atoms with E-state index in [2.05, 4.69) is 19.2 Å². The Bertz CT molecular complexity index is 547. The first-order chi connectivity index (χ1) is 10.5. The van der Waals surface area contributed by atoms with E-state index in [-0.39, 0.29) is 30.0 Å². The predicted molar refractivity (Wildman–Crippen MR) is 82.7 cm³/mol. The zero-order valence-electron chi connectivity index (χ0n) is 13.0. The van der Waals surface area contributed by atoms with Crippen LogP contribution in [0.4, 0.5) is 5.69 Å². The van der Waals surface area contributed by atoms with Crippen molar-refractivity contribution in [3.05, 3.63) is 34.4 Å². The lowest BCUT2D eigenvalue weighted by molar-refractivity contribution is -0.385. The van der Waals surface area contributed by atoms with E-state index >= 15 is 0 Å². The first-order valence-corrected chi connectivity index (χ1v) is 7.64. The molecular weight excluding hydrogens is 284 g/mol. The van der Waals surface area contributed by atoms with E-state index in [1.807, 2.05) is 0 Å². The molecule has 1 aromatic carbocycles. The Labute approximate surface area is 130 Å². The number of nitrogens with one attached hydrogen (secondary N) is 1. The molecule has 6 heteroatoms. The summed E-state index contributed by atoms with van der Waals surface area (Å²) in [6.45, 7) is 4.15. The third kappa shape index (κ3) is 3.96. The highest BCUT2D eigenvalue weighted by Crippen LogP contribution is 2.29. The van der Waals surface area contributed by atoms with Crippen LogP contribution in [-0.4, -0.2) is 23.5 Å². The molecule has 0 spiro atoms. The summed E-state index contributed by atoms with van der Waals surface area (Å²) in [4.78, 5) is 22.4. The van der Waals surface area contributed by atoms with Crippen LogP contribution in [0.3, 0.4) is 0 Å². The van der Waals surface area contributed by atoms with Gasteiger partial charge in [0.1, 0.15) is 0 Å². The van der Waals surface area contributed by atoms with Gasteiger partial charge in [0.25, 0.3) is 5.91 Å². The Morgan fingerprint density at radius 2 is 2.09 bits per heavy atom. The van der Waals surface area contributed by atoms with E-state index < -0.39 is 4.92 Å². The van der Waals surface area contributed by atoms with Gasteiger partial charge in [0.05, 0.1) is 4.92 Å². The number of hydrogen-bond acceptors (Lipinski definition) is 4. The van der Waals surface area contributed by atoms with Crippen molar-refractivity contribution < 1.29 is 14.5 Å². The minimum Gasteiger partial charge on any atom is -0.477 e. The van der Waals surface area contributed by atoms with Crippen LogP contribution in [0, 0.1) is 22.0 Å². The fraction of sp³-hybridized carbons (Fsp3) is 0.562. The van der Waals surface area contributed by atoms with Crippen molar-refractivity contribution in [3.63, 3.8) is 0 Å². The van der Waals surface area contributed by atoms with Crippen molar-refractivity contribution in [2.45, 2.75) is 39.2 Å². The molecule has 1 fully saturated rings. The molecule has 2 rings (SSSR count). The first-order valence-electron chi connectivity index (χ1n) is 7.64. The molecule has 0 radical (unpaired) electrons. The van der Waals surface area contributed by atoms with Gasteiger partial charge in [-0.1, -0.05) is 38.8 Å². The summed E-state index contributed by atoms with van der Waals surface area (Å²) in [6, 6.07) is 6.22. The SMILES string of the molecule is C[C@H]1[C@@H](NC(=O)COc2ccccc2[N+](=O)[O-])CCC[C@@H]1C. The summed E-state index contributed by atoms with van der Waals surface area (Å²) >= 11 is 0. The number of benzene rings is 1. The molecule has 1 amide bonds. The predicted octanol–water partition coefficient (Wildman–Crippen LogP) is 2.91. The lowest BCUT2D eigenvalue weighted by atomic mass is 9.78. The summed E-state index contributed by atoms with van der Waals surface area (Å²) in [5.74, 6) is 0.913. The van der Waals surface area contributed by atoms with Crippen molar-refractivity contribution in [1.29, 1.82) is 0 Å². The second-order valence-corrected chi connectivity index (χ2v) is 5.95. The van der Waals surface area contributed by atoms with Gasteiger partial charge in [-0.3, -0.25) is 14.9 Å². The summed E-state index contributed by atoms with van der Waals surface area (Å²) in [7, 11) is 0. The molecule has 0 unspecified atom stereocenters. The van der Waals surface area contributed by atoms with Crippen molar-refractivity contribution in [3.8, 4) is 5.75 Å². The number of nitro groups is 1. The monoisotopic (exact) mass is 306 g/mol. The number of ether oxygens (including phenoxy) is 1. The van der Waals surface area contributed by atoms with Crippen molar-refractivity contribution in [1.82, 2.24) is 5.32 Å². The molecular formula is C16H22N2O4. The van der Waals surface area contributed by atoms with E-state index in [0.717, 1.165) is 12.8 Å². The van der Waals surface area contributed by atoms with Gasteiger partial charge >= 0.3 is 5.69 Å². The third-order valence-electron chi connectivity index (χ3n) is 4.47. The van der Waals surface area contributed by atoms with Crippen molar-refractivity contribution in [2.24, 2.45) is 11.8 Å². The van der Waals surface area contributed by atoms with Gasteiger partial charge in [0.15, 0.2) is 12.4 Å². The van der Waals surface area contributed by atoms with Gasteiger partial charge in [0, 0.05) is 12.1 Å². The third-order valence-corrected chi connectivity index (χ3v) is 4.47. The number of hydrogen-bond donors (Lipinski definition) is 1. The summed E-state index contributed by atoms with van der Waals surface area (Å²) in [5.41, 5.74) is -0.130. The van der Waals surface area contributed by atoms with Crippen LogP contribution < -0.4 is 10.1 Å². The molecule has 120 valence electrons. The van der Waals surface area contributed by atoms with Crippen molar-refractivity contribution in [2.75, 3.05) is 6.61 Å². The lowest BCUT2D eigenvalue weighted by Crippen LogP contribution is -2.45. The highest BCUT2D eigenvalue weighted by atomic mass is 16.6. The fourth-order valence-corrected chi connectivity index (χ4v) is 2.91. The van der Waals surface area contributed by atoms with E-state index in [0.29, 0.717) is 11.8 Å². The molecule has 0 aliphatic heterocycles. The minimum atomic E-state index is -0.516. The van der Waals surface area contributed by atoms with Crippen LogP contribution in [0.2, 0.25) is 0 Å². The Balaban J connectivity index is 1.89. The fourth-order valence-electron chi connectivity index (χ4n) is 2.91. The maximum atomic E-state index is 12.0.